The highest BCUT2D eigenvalue weighted by Crippen LogP contribution is 2.37. The van der Waals surface area contributed by atoms with Crippen LogP contribution in [0.2, 0.25) is 0 Å². The Labute approximate surface area is 76.8 Å². The molecule has 0 saturated heterocycles. The van der Waals surface area contributed by atoms with Crippen LogP contribution in [0.4, 0.5) is 0 Å². The lowest BCUT2D eigenvalue weighted by Crippen LogP contribution is -2.26. The van der Waals surface area contributed by atoms with Gasteiger partial charge in [-0.15, -0.1) is 0 Å². The number of hydrogen-bond donors (Lipinski definition) is 1. The highest BCUT2D eigenvalue weighted by atomic mass is 16.3. The van der Waals surface area contributed by atoms with Crippen LogP contribution in [0.1, 0.15) is 20.8 Å². The molecule has 0 aromatic rings. The summed E-state index contributed by atoms with van der Waals surface area (Å²) in [5, 5.41) is 9.47. The summed E-state index contributed by atoms with van der Waals surface area (Å²) in [5.74, 6) is -0.343. The topological polar surface area (TPSA) is 54.4 Å². The quantitative estimate of drug-likeness (QED) is 0.623. The van der Waals surface area contributed by atoms with Gasteiger partial charge in [-0.1, -0.05) is 0 Å². The number of aliphatic hydroxyl groups is 1. The second-order valence-electron chi connectivity index (χ2n) is 3.68. The lowest BCUT2D eigenvalue weighted by atomic mass is 9.76. The molecule has 0 unspecified atom stereocenters. The van der Waals surface area contributed by atoms with Crippen LogP contribution < -0.4 is 0 Å². The van der Waals surface area contributed by atoms with E-state index in [0.717, 1.165) is 0 Å². The standard InChI is InChI=1S/C10H12O3/c1-6-7(5-11)10(2,3)9(13)4-8(6)12/h4-5,13H,1-3H3. The Morgan fingerprint density at radius 1 is 1.46 bits per heavy atom. The number of carbonyl (C=O) groups excluding carboxylic acids is 2. The van der Waals surface area contributed by atoms with E-state index >= 15 is 0 Å². The molecule has 1 rings (SSSR count). The van der Waals surface area contributed by atoms with Crippen molar-refractivity contribution in [3.05, 3.63) is 23.0 Å². The van der Waals surface area contributed by atoms with Crippen molar-refractivity contribution in [1.29, 1.82) is 0 Å². The number of rotatable bonds is 1. The molecular formula is C10H12O3. The van der Waals surface area contributed by atoms with Gasteiger partial charge < -0.3 is 5.11 Å². The van der Waals surface area contributed by atoms with E-state index in [1.54, 1.807) is 20.8 Å². The van der Waals surface area contributed by atoms with Crippen LogP contribution in [0.25, 0.3) is 0 Å². The summed E-state index contributed by atoms with van der Waals surface area (Å²) >= 11 is 0. The van der Waals surface area contributed by atoms with Gasteiger partial charge >= 0.3 is 0 Å². The third-order valence-electron chi connectivity index (χ3n) is 2.47. The van der Waals surface area contributed by atoms with E-state index in [-0.39, 0.29) is 11.5 Å². The summed E-state index contributed by atoms with van der Waals surface area (Å²) in [6.07, 6.45) is 1.80. The number of aldehydes is 1. The van der Waals surface area contributed by atoms with Crippen molar-refractivity contribution in [1.82, 2.24) is 0 Å². The third-order valence-corrected chi connectivity index (χ3v) is 2.47. The molecule has 70 valence electrons. The first-order chi connectivity index (χ1) is 5.91. The maximum absolute atomic E-state index is 11.2. The van der Waals surface area contributed by atoms with Crippen LogP contribution in [-0.4, -0.2) is 17.2 Å². The molecular weight excluding hydrogens is 168 g/mol. The average molecular weight is 180 g/mol. The van der Waals surface area contributed by atoms with Crippen molar-refractivity contribution >= 4 is 12.1 Å². The molecule has 0 saturated carbocycles. The Morgan fingerprint density at radius 3 is 2.46 bits per heavy atom. The zero-order chi connectivity index (χ0) is 10.2. The minimum absolute atomic E-state index is 0.0507. The smallest absolute Gasteiger partial charge is 0.185 e. The van der Waals surface area contributed by atoms with E-state index in [9.17, 15) is 14.7 Å². The lowest BCUT2D eigenvalue weighted by Gasteiger charge is -2.28. The van der Waals surface area contributed by atoms with Gasteiger partial charge in [-0.05, 0) is 20.8 Å². The molecule has 0 spiro atoms. The van der Waals surface area contributed by atoms with Gasteiger partial charge in [0.2, 0.25) is 0 Å². The minimum atomic E-state index is -0.736. The normalized spacial score (nSPS) is 21.5. The Morgan fingerprint density at radius 2 is 2.00 bits per heavy atom. The van der Waals surface area contributed by atoms with Gasteiger partial charge in [-0.2, -0.15) is 0 Å². The third kappa shape index (κ3) is 1.30. The zero-order valence-corrected chi connectivity index (χ0v) is 7.92. The number of carbonyl (C=O) groups is 2. The number of ketones is 1. The van der Waals surface area contributed by atoms with E-state index in [0.29, 0.717) is 17.4 Å². The average Bonchev–Trinajstić information content (AvgIpc) is 2.02. The minimum Gasteiger partial charge on any atom is -0.511 e. The second-order valence-corrected chi connectivity index (χ2v) is 3.68. The SMILES string of the molecule is CC1=C(C=O)C(C)(C)C(O)=CC1=O. The fourth-order valence-electron chi connectivity index (χ4n) is 1.39. The first-order valence-electron chi connectivity index (χ1n) is 4.03. The molecule has 0 atom stereocenters. The Hall–Kier alpha value is -1.38. The predicted octanol–water partition coefficient (Wildman–Crippen LogP) is 1.55. The molecule has 0 heterocycles. The molecule has 0 aliphatic heterocycles. The molecule has 0 bridgehead atoms. The molecule has 1 aliphatic rings. The van der Waals surface area contributed by atoms with Gasteiger partial charge in [0.15, 0.2) is 5.78 Å². The van der Waals surface area contributed by atoms with Crippen molar-refractivity contribution in [2.24, 2.45) is 5.41 Å². The van der Waals surface area contributed by atoms with Crippen LogP contribution in [0.5, 0.6) is 0 Å². The lowest BCUT2D eigenvalue weighted by molar-refractivity contribution is -0.113. The predicted molar refractivity (Wildman–Crippen MR) is 48.3 cm³/mol. The maximum atomic E-state index is 11.2. The molecule has 0 aromatic heterocycles. The summed E-state index contributed by atoms with van der Waals surface area (Å²) in [6.45, 7) is 5.01. The number of allylic oxidation sites excluding steroid dienone is 3. The zero-order valence-electron chi connectivity index (χ0n) is 7.92. The largest absolute Gasteiger partial charge is 0.511 e. The van der Waals surface area contributed by atoms with Gasteiger partial charge in [0.25, 0.3) is 0 Å². The first kappa shape index (κ1) is 9.71. The molecule has 0 aromatic carbocycles. The van der Waals surface area contributed by atoms with Gasteiger partial charge in [-0.3, -0.25) is 9.59 Å². The monoisotopic (exact) mass is 180 g/mol. The fraction of sp³-hybridized carbons (Fsp3) is 0.400. The van der Waals surface area contributed by atoms with Crippen molar-refractivity contribution in [3.8, 4) is 0 Å². The Kier molecular flexibility index (Phi) is 2.12. The fourth-order valence-corrected chi connectivity index (χ4v) is 1.39. The molecule has 0 fully saturated rings. The molecule has 3 heteroatoms. The van der Waals surface area contributed by atoms with Crippen molar-refractivity contribution in [2.45, 2.75) is 20.8 Å². The molecule has 1 N–H and O–H groups in total. The van der Waals surface area contributed by atoms with Crippen LogP contribution in [0.3, 0.4) is 0 Å². The molecule has 1 aliphatic carbocycles. The van der Waals surface area contributed by atoms with Crippen LogP contribution >= 0.6 is 0 Å². The van der Waals surface area contributed by atoms with Crippen LogP contribution in [0, 0.1) is 5.41 Å². The second kappa shape index (κ2) is 2.83. The van der Waals surface area contributed by atoms with Crippen LogP contribution in [-0.2, 0) is 9.59 Å². The van der Waals surface area contributed by atoms with E-state index in [1.165, 1.54) is 6.08 Å². The number of aliphatic hydroxyl groups excluding tert-OH is 1. The van der Waals surface area contributed by atoms with E-state index in [1.807, 2.05) is 0 Å². The molecule has 0 amide bonds. The highest BCUT2D eigenvalue weighted by molar-refractivity contribution is 6.09. The summed E-state index contributed by atoms with van der Waals surface area (Å²) in [4.78, 5) is 21.9. The van der Waals surface area contributed by atoms with Crippen molar-refractivity contribution in [3.63, 3.8) is 0 Å². The van der Waals surface area contributed by atoms with E-state index in [2.05, 4.69) is 0 Å². The van der Waals surface area contributed by atoms with Gasteiger partial charge in [-0.25, -0.2) is 0 Å². The van der Waals surface area contributed by atoms with Gasteiger partial charge in [0, 0.05) is 17.2 Å². The van der Waals surface area contributed by atoms with Crippen LogP contribution in [0.15, 0.2) is 23.0 Å². The summed E-state index contributed by atoms with van der Waals surface area (Å²) < 4.78 is 0. The van der Waals surface area contributed by atoms with Gasteiger partial charge in [0.1, 0.15) is 12.0 Å². The number of hydrogen-bond acceptors (Lipinski definition) is 3. The molecule has 3 nitrogen and oxygen atoms in total. The maximum Gasteiger partial charge on any atom is 0.185 e. The van der Waals surface area contributed by atoms with E-state index in [4.69, 9.17) is 0 Å². The van der Waals surface area contributed by atoms with Crippen molar-refractivity contribution < 1.29 is 14.7 Å². The van der Waals surface area contributed by atoms with Crippen molar-refractivity contribution in [2.75, 3.05) is 0 Å². The summed E-state index contributed by atoms with van der Waals surface area (Å²) in [6, 6.07) is 0. The van der Waals surface area contributed by atoms with Gasteiger partial charge in [0.05, 0.1) is 5.41 Å². The Bertz CT molecular complexity index is 332. The molecule has 0 radical (unpaired) electrons. The first-order valence-corrected chi connectivity index (χ1v) is 4.03. The highest BCUT2D eigenvalue weighted by Gasteiger charge is 2.34. The van der Waals surface area contributed by atoms with E-state index < -0.39 is 5.41 Å². The molecule has 13 heavy (non-hydrogen) atoms. The Balaban J connectivity index is 3.34. The summed E-state index contributed by atoms with van der Waals surface area (Å²) in [7, 11) is 0. The summed E-state index contributed by atoms with van der Waals surface area (Å²) in [5.41, 5.74) is 0.0371.